The number of halogens is 3. The van der Waals surface area contributed by atoms with Gasteiger partial charge in [0.15, 0.2) is 0 Å². The van der Waals surface area contributed by atoms with Gasteiger partial charge in [0.1, 0.15) is 17.3 Å². The lowest BCUT2D eigenvalue weighted by Crippen LogP contribution is -2.15. The summed E-state index contributed by atoms with van der Waals surface area (Å²) in [5.41, 5.74) is 0.0477. The number of rotatable bonds is 8. The summed E-state index contributed by atoms with van der Waals surface area (Å²) in [4.78, 5) is 32.6. The minimum absolute atomic E-state index is 0.0269. The lowest BCUT2D eigenvalue weighted by atomic mass is 10.1. The number of ether oxygens (including phenoxy) is 1. The Kier molecular flexibility index (Phi) is 7.64. The summed E-state index contributed by atoms with van der Waals surface area (Å²) < 4.78 is 44.3. The highest BCUT2D eigenvalue weighted by atomic mass is 19.4. The molecule has 0 radical (unpaired) electrons. The molecule has 3 N–H and O–H groups in total. The van der Waals surface area contributed by atoms with E-state index in [1.807, 2.05) is 0 Å². The standard InChI is InChI=1S/C22H18F3N5O3/c23-22(24,25)19-13-28-21(30-19)16-5-6-18(33-10-2-9-27-14-31)17(11-16)29-20(32)7-4-15-3-1-8-26-12-15/h1,3,5-6,8,11-14H,2,9-10H2,(H,27,31)(H,28,30)(H,29,32). The van der Waals surface area contributed by atoms with Crippen LogP contribution >= 0.6 is 0 Å². The largest absolute Gasteiger partial charge is 0.491 e. The molecule has 2 amide bonds. The molecule has 0 atom stereocenters. The third-order valence-electron chi connectivity index (χ3n) is 4.17. The van der Waals surface area contributed by atoms with Crippen molar-refractivity contribution in [1.82, 2.24) is 20.3 Å². The van der Waals surface area contributed by atoms with E-state index in [0.717, 1.165) is 0 Å². The number of imidazole rings is 1. The van der Waals surface area contributed by atoms with E-state index < -0.39 is 17.8 Å². The van der Waals surface area contributed by atoms with Crippen molar-refractivity contribution in [3.8, 4) is 29.0 Å². The number of hydrogen-bond acceptors (Lipinski definition) is 5. The number of anilines is 1. The minimum Gasteiger partial charge on any atom is -0.491 e. The summed E-state index contributed by atoms with van der Waals surface area (Å²) in [7, 11) is 0. The van der Waals surface area contributed by atoms with E-state index in [1.165, 1.54) is 24.4 Å². The molecule has 0 unspecified atom stereocenters. The van der Waals surface area contributed by atoms with Crippen LogP contribution in [-0.2, 0) is 15.8 Å². The number of benzene rings is 1. The van der Waals surface area contributed by atoms with E-state index in [-0.39, 0.29) is 23.9 Å². The molecule has 3 aromatic rings. The van der Waals surface area contributed by atoms with Crippen molar-refractivity contribution in [2.45, 2.75) is 12.6 Å². The maximum absolute atomic E-state index is 12.9. The Hall–Kier alpha value is -4.33. The number of alkyl halides is 3. The van der Waals surface area contributed by atoms with Crippen LogP contribution in [0.2, 0.25) is 0 Å². The van der Waals surface area contributed by atoms with Crippen molar-refractivity contribution in [2.24, 2.45) is 0 Å². The molecule has 0 bridgehead atoms. The lowest BCUT2D eigenvalue weighted by molar-refractivity contribution is -0.140. The molecule has 3 rings (SSSR count). The third kappa shape index (κ3) is 6.83. The van der Waals surface area contributed by atoms with Crippen molar-refractivity contribution in [2.75, 3.05) is 18.5 Å². The molecule has 1 aromatic carbocycles. The molecule has 0 aliphatic rings. The summed E-state index contributed by atoms with van der Waals surface area (Å²) in [6.07, 6.45) is 0.268. The van der Waals surface area contributed by atoms with Crippen molar-refractivity contribution in [3.63, 3.8) is 0 Å². The summed E-state index contributed by atoms with van der Waals surface area (Å²) in [5.74, 6) is 4.69. The van der Waals surface area contributed by atoms with Gasteiger partial charge in [0.25, 0.3) is 0 Å². The number of hydrogen-bond donors (Lipinski definition) is 3. The molecular formula is C22H18F3N5O3. The predicted molar refractivity (Wildman–Crippen MR) is 113 cm³/mol. The SMILES string of the molecule is O=CNCCCOc1ccc(-c2ncc(C(F)(F)F)[nH]2)cc1NC(=O)C#Cc1cccnc1. The van der Waals surface area contributed by atoms with Gasteiger partial charge in [-0.05, 0) is 36.8 Å². The van der Waals surface area contributed by atoms with Crippen LogP contribution in [-0.4, -0.2) is 40.4 Å². The van der Waals surface area contributed by atoms with E-state index in [4.69, 9.17) is 4.74 Å². The molecule has 0 aliphatic heterocycles. The summed E-state index contributed by atoms with van der Waals surface area (Å²) >= 11 is 0. The van der Waals surface area contributed by atoms with Crippen LogP contribution < -0.4 is 15.4 Å². The van der Waals surface area contributed by atoms with Gasteiger partial charge in [-0.2, -0.15) is 13.2 Å². The summed E-state index contributed by atoms with van der Waals surface area (Å²) in [5, 5.41) is 5.09. The molecule has 0 fully saturated rings. The second-order valence-electron chi connectivity index (χ2n) is 6.57. The number of aromatic amines is 1. The molecule has 2 aromatic heterocycles. The van der Waals surface area contributed by atoms with Gasteiger partial charge in [-0.15, -0.1) is 0 Å². The van der Waals surface area contributed by atoms with Gasteiger partial charge in [-0.3, -0.25) is 14.6 Å². The maximum atomic E-state index is 12.9. The van der Waals surface area contributed by atoms with E-state index in [2.05, 4.69) is 37.4 Å². The molecule has 170 valence electrons. The van der Waals surface area contributed by atoms with Crippen molar-refractivity contribution in [1.29, 1.82) is 0 Å². The monoisotopic (exact) mass is 457 g/mol. The quantitative estimate of drug-likeness (QED) is 0.274. The molecular weight excluding hydrogens is 439 g/mol. The number of aromatic nitrogens is 3. The highest BCUT2D eigenvalue weighted by Crippen LogP contribution is 2.32. The molecule has 0 aliphatic carbocycles. The molecule has 33 heavy (non-hydrogen) atoms. The Morgan fingerprint density at radius 3 is 2.79 bits per heavy atom. The van der Waals surface area contributed by atoms with Crippen LogP contribution in [0.5, 0.6) is 5.75 Å². The number of amides is 2. The fraction of sp³-hybridized carbons (Fsp3) is 0.182. The minimum atomic E-state index is -4.57. The number of H-pyrrole nitrogens is 1. The van der Waals surface area contributed by atoms with Crippen LogP contribution in [0.25, 0.3) is 11.4 Å². The van der Waals surface area contributed by atoms with E-state index in [0.29, 0.717) is 36.7 Å². The van der Waals surface area contributed by atoms with Gasteiger partial charge >= 0.3 is 12.1 Å². The van der Waals surface area contributed by atoms with Gasteiger partial charge in [-0.1, -0.05) is 5.92 Å². The highest BCUT2D eigenvalue weighted by molar-refractivity contribution is 6.05. The van der Waals surface area contributed by atoms with Gasteiger partial charge < -0.3 is 20.4 Å². The Balaban J connectivity index is 1.82. The van der Waals surface area contributed by atoms with Gasteiger partial charge in [-0.25, -0.2) is 4.98 Å². The van der Waals surface area contributed by atoms with Crippen LogP contribution in [0.15, 0.2) is 48.9 Å². The fourth-order valence-electron chi connectivity index (χ4n) is 2.65. The number of carbonyl (C=O) groups excluding carboxylic acids is 2. The Morgan fingerprint density at radius 1 is 1.24 bits per heavy atom. The molecule has 8 nitrogen and oxygen atoms in total. The average molecular weight is 457 g/mol. The zero-order valence-electron chi connectivity index (χ0n) is 17.1. The topological polar surface area (TPSA) is 109 Å². The Bertz CT molecular complexity index is 1170. The number of pyridine rings is 1. The molecule has 0 saturated heterocycles. The van der Waals surface area contributed by atoms with E-state index in [1.54, 1.807) is 18.3 Å². The first kappa shape index (κ1) is 23.3. The van der Waals surface area contributed by atoms with Crippen molar-refractivity contribution in [3.05, 3.63) is 60.2 Å². The number of carbonyl (C=O) groups is 2. The first-order chi connectivity index (χ1) is 15.9. The van der Waals surface area contributed by atoms with Crippen LogP contribution in [0.4, 0.5) is 18.9 Å². The van der Waals surface area contributed by atoms with Gasteiger partial charge in [0.2, 0.25) is 6.41 Å². The van der Waals surface area contributed by atoms with Crippen LogP contribution in [0, 0.1) is 11.8 Å². The smallest absolute Gasteiger partial charge is 0.432 e. The number of nitrogens with zero attached hydrogens (tertiary/aromatic N) is 2. The number of nitrogens with one attached hydrogen (secondary N) is 3. The average Bonchev–Trinajstić information content (AvgIpc) is 3.30. The molecule has 2 heterocycles. The molecule has 0 saturated carbocycles. The highest BCUT2D eigenvalue weighted by Gasteiger charge is 2.33. The van der Waals surface area contributed by atoms with Crippen LogP contribution in [0.3, 0.4) is 0 Å². The van der Waals surface area contributed by atoms with Gasteiger partial charge in [0.05, 0.1) is 18.5 Å². The second kappa shape index (κ2) is 10.8. The summed E-state index contributed by atoms with van der Waals surface area (Å²) in [6, 6.07) is 7.80. The zero-order chi connectivity index (χ0) is 23.7. The second-order valence-corrected chi connectivity index (χ2v) is 6.57. The third-order valence-corrected chi connectivity index (χ3v) is 4.17. The van der Waals surface area contributed by atoms with Gasteiger partial charge in [0, 0.05) is 36.0 Å². The lowest BCUT2D eigenvalue weighted by Gasteiger charge is -2.13. The Morgan fingerprint density at radius 2 is 2.09 bits per heavy atom. The first-order valence-electron chi connectivity index (χ1n) is 9.66. The maximum Gasteiger partial charge on any atom is 0.432 e. The van der Waals surface area contributed by atoms with E-state index in [9.17, 15) is 22.8 Å². The van der Waals surface area contributed by atoms with Crippen molar-refractivity contribution < 1.29 is 27.5 Å². The zero-order valence-corrected chi connectivity index (χ0v) is 17.1. The Labute approximate surface area is 186 Å². The predicted octanol–water partition coefficient (Wildman–Crippen LogP) is 3.00. The molecule has 0 spiro atoms. The fourth-order valence-corrected chi connectivity index (χ4v) is 2.65. The van der Waals surface area contributed by atoms with Crippen LogP contribution in [0.1, 0.15) is 17.7 Å². The summed E-state index contributed by atoms with van der Waals surface area (Å²) in [6.45, 7) is 0.621. The van der Waals surface area contributed by atoms with Crippen molar-refractivity contribution >= 4 is 18.0 Å². The normalized spacial score (nSPS) is 10.6. The molecule has 11 heteroatoms. The van der Waals surface area contributed by atoms with E-state index >= 15 is 0 Å². The first-order valence-corrected chi connectivity index (χ1v) is 9.66.